The van der Waals surface area contributed by atoms with Crippen molar-refractivity contribution >= 4 is 23.4 Å². The SMILES string of the molecule is CCC1CN(C(=NC)NCc2ccccc2N2CCOCC2)CCS1. The maximum absolute atomic E-state index is 5.49. The molecule has 5 nitrogen and oxygen atoms in total. The highest BCUT2D eigenvalue weighted by Crippen LogP contribution is 2.23. The number of rotatable bonds is 4. The lowest BCUT2D eigenvalue weighted by Crippen LogP contribution is -2.47. The Bertz CT molecular complexity index is 574. The van der Waals surface area contributed by atoms with Crippen molar-refractivity contribution in [2.75, 3.05) is 57.1 Å². The Morgan fingerprint density at radius 3 is 2.84 bits per heavy atom. The quantitative estimate of drug-likeness (QED) is 0.658. The summed E-state index contributed by atoms with van der Waals surface area (Å²) in [5.41, 5.74) is 2.64. The number of guanidine groups is 1. The summed E-state index contributed by atoms with van der Waals surface area (Å²) in [6.45, 7) is 8.80. The molecule has 0 bridgehead atoms. The molecule has 0 amide bonds. The van der Waals surface area contributed by atoms with E-state index in [0.29, 0.717) is 5.25 Å². The van der Waals surface area contributed by atoms with Crippen LogP contribution in [0.5, 0.6) is 0 Å². The summed E-state index contributed by atoms with van der Waals surface area (Å²) in [6, 6.07) is 8.67. The maximum Gasteiger partial charge on any atom is 0.193 e. The molecule has 2 fully saturated rings. The second kappa shape index (κ2) is 9.34. The Hall–Kier alpha value is -1.40. The van der Waals surface area contributed by atoms with Crippen molar-refractivity contribution in [2.45, 2.75) is 25.1 Å². The molecule has 0 radical (unpaired) electrons. The van der Waals surface area contributed by atoms with E-state index in [-0.39, 0.29) is 0 Å². The largest absolute Gasteiger partial charge is 0.378 e. The van der Waals surface area contributed by atoms with Gasteiger partial charge in [-0.1, -0.05) is 25.1 Å². The standard InChI is InChI=1S/C19H30N4OS/c1-3-17-15-23(10-13-25-17)19(20-2)21-14-16-6-4-5-7-18(16)22-8-11-24-12-9-22/h4-7,17H,3,8-15H2,1-2H3,(H,20,21). The minimum atomic E-state index is 0.716. The van der Waals surface area contributed by atoms with E-state index in [1.807, 2.05) is 7.05 Å². The minimum Gasteiger partial charge on any atom is -0.378 e. The van der Waals surface area contributed by atoms with Gasteiger partial charge in [0.2, 0.25) is 0 Å². The molecule has 138 valence electrons. The zero-order valence-corrected chi connectivity index (χ0v) is 16.2. The summed E-state index contributed by atoms with van der Waals surface area (Å²) in [7, 11) is 1.89. The summed E-state index contributed by atoms with van der Waals surface area (Å²) < 4.78 is 5.49. The average Bonchev–Trinajstić information content (AvgIpc) is 2.69. The average molecular weight is 363 g/mol. The number of benzene rings is 1. The molecule has 0 spiro atoms. The number of nitrogens with one attached hydrogen (secondary N) is 1. The number of hydrogen-bond donors (Lipinski definition) is 1. The van der Waals surface area contributed by atoms with Gasteiger partial charge in [-0.3, -0.25) is 4.99 Å². The Labute approximate surface area is 155 Å². The van der Waals surface area contributed by atoms with Gasteiger partial charge in [0.25, 0.3) is 0 Å². The predicted molar refractivity (Wildman–Crippen MR) is 108 cm³/mol. The highest BCUT2D eigenvalue weighted by molar-refractivity contribution is 8.00. The zero-order valence-electron chi connectivity index (χ0n) is 15.4. The Balaban J connectivity index is 1.64. The van der Waals surface area contributed by atoms with Crippen LogP contribution >= 0.6 is 11.8 Å². The molecule has 1 aromatic rings. The number of anilines is 1. The van der Waals surface area contributed by atoms with E-state index in [1.54, 1.807) is 0 Å². The molecule has 1 unspecified atom stereocenters. The van der Waals surface area contributed by atoms with Crippen molar-refractivity contribution in [3.63, 3.8) is 0 Å². The molecule has 25 heavy (non-hydrogen) atoms. The first kappa shape index (κ1) is 18.4. The Morgan fingerprint density at radius 2 is 2.08 bits per heavy atom. The van der Waals surface area contributed by atoms with Gasteiger partial charge in [0, 0.05) is 56.5 Å². The van der Waals surface area contributed by atoms with Crippen LogP contribution < -0.4 is 10.2 Å². The van der Waals surface area contributed by atoms with E-state index >= 15 is 0 Å². The lowest BCUT2D eigenvalue weighted by atomic mass is 10.1. The first-order valence-electron chi connectivity index (χ1n) is 9.29. The topological polar surface area (TPSA) is 40.1 Å². The smallest absolute Gasteiger partial charge is 0.193 e. The van der Waals surface area contributed by atoms with Gasteiger partial charge in [0.05, 0.1) is 13.2 Å². The number of para-hydroxylation sites is 1. The fraction of sp³-hybridized carbons (Fsp3) is 0.632. The molecule has 0 saturated carbocycles. The third kappa shape index (κ3) is 4.82. The van der Waals surface area contributed by atoms with Gasteiger partial charge >= 0.3 is 0 Å². The molecule has 2 saturated heterocycles. The van der Waals surface area contributed by atoms with E-state index in [1.165, 1.54) is 23.4 Å². The molecule has 0 aromatic heterocycles. The number of thioether (sulfide) groups is 1. The van der Waals surface area contributed by atoms with Gasteiger partial charge in [-0.15, -0.1) is 0 Å². The molecule has 3 rings (SSSR count). The van der Waals surface area contributed by atoms with Crippen LogP contribution in [-0.4, -0.2) is 68.3 Å². The predicted octanol–water partition coefficient (Wildman–Crippen LogP) is 2.43. The van der Waals surface area contributed by atoms with E-state index in [4.69, 9.17) is 4.74 Å². The number of ether oxygens (including phenoxy) is 1. The van der Waals surface area contributed by atoms with Gasteiger partial charge in [-0.05, 0) is 18.1 Å². The summed E-state index contributed by atoms with van der Waals surface area (Å²) in [5.74, 6) is 2.21. The fourth-order valence-corrected chi connectivity index (χ4v) is 4.62. The summed E-state index contributed by atoms with van der Waals surface area (Å²) in [5, 5.41) is 4.30. The van der Waals surface area contributed by atoms with Crippen LogP contribution in [0.25, 0.3) is 0 Å². The second-order valence-corrected chi connectivity index (χ2v) is 7.88. The van der Waals surface area contributed by atoms with Crippen LogP contribution in [0.3, 0.4) is 0 Å². The lowest BCUT2D eigenvalue weighted by Gasteiger charge is -2.35. The fourth-order valence-electron chi connectivity index (χ4n) is 3.44. The van der Waals surface area contributed by atoms with Crippen molar-refractivity contribution in [1.82, 2.24) is 10.2 Å². The van der Waals surface area contributed by atoms with Crippen LogP contribution in [0.4, 0.5) is 5.69 Å². The molecule has 6 heteroatoms. The normalized spacial score (nSPS) is 22.2. The maximum atomic E-state index is 5.49. The molecule has 1 N–H and O–H groups in total. The third-order valence-corrected chi connectivity index (χ3v) is 6.26. The number of hydrogen-bond acceptors (Lipinski definition) is 4. The zero-order chi connectivity index (χ0) is 17.5. The Kier molecular flexibility index (Phi) is 6.87. The molecular formula is C19H30N4OS. The lowest BCUT2D eigenvalue weighted by molar-refractivity contribution is 0.122. The van der Waals surface area contributed by atoms with Crippen molar-refractivity contribution < 1.29 is 4.74 Å². The van der Waals surface area contributed by atoms with E-state index in [2.05, 4.69) is 63.1 Å². The minimum absolute atomic E-state index is 0.716. The highest BCUT2D eigenvalue weighted by atomic mass is 32.2. The van der Waals surface area contributed by atoms with Gasteiger partial charge < -0.3 is 19.9 Å². The monoisotopic (exact) mass is 362 g/mol. The first-order valence-corrected chi connectivity index (χ1v) is 10.3. The van der Waals surface area contributed by atoms with Crippen molar-refractivity contribution in [1.29, 1.82) is 0 Å². The number of aliphatic imine (C=N–C) groups is 1. The van der Waals surface area contributed by atoms with Gasteiger partial charge in [-0.25, -0.2) is 0 Å². The molecular weight excluding hydrogens is 332 g/mol. The highest BCUT2D eigenvalue weighted by Gasteiger charge is 2.22. The van der Waals surface area contributed by atoms with Crippen LogP contribution in [0.2, 0.25) is 0 Å². The Morgan fingerprint density at radius 1 is 1.28 bits per heavy atom. The molecule has 1 atom stereocenters. The number of nitrogens with zero attached hydrogens (tertiary/aromatic N) is 3. The van der Waals surface area contributed by atoms with Crippen LogP contribution in [0.15, 0.2) is 29.3 Å². The van der Waals surface area contributed by atoms with Crippen LogP contribution in [0, 0.1) is 0 Å². The van der Waals surface area contributed by atoms with Gasteiger partial charge in [-0.2, -0.15) is 11.8 Å². The molecule has 2 aliphatic rings. The number of morpholine rings is 1. The van der Waals surface area contributed by atoms with Gasteiger partial charge in [0.1, 0.15) is 0 Å². The van der Waals surface area contributed by atoms with Crippen LogP contribution in [-0.2, 0) is 11.3 Å². The molecule has 2 heterocycles. The van der Waals surface area contributed by atoms with E-state index in [9.17, 15) is 0 Å². The van der Waals surface area contributed by atoms with E-state index in [0.717, 1.165) is 51.9 Å². The molecule has 1 aromatic carbocycles. The van der Waals surface area contributed by atoms with E-state index < -0.39 is 0 Å². The summed E-state index contributed by atoms with van der Waals surface area (Å²) in [4.78, 5) is 9.36. The third-order valence-electron chi connectivity index (χ3n) is 4.89. The van der Waals surface area contributed by atoms with Crippen molar-refractivity contribution in [3.8, 4) is 0 Å². The van der Waals surface area contributed by atoms with Crippen molar-refractivity contribution in [3.05, 3.63) is 29.8 Å². The summed E-state index contributed by atoms with van der Waals surface area (Å²) >= 11 is 2.09. The van der Waals surface area contributed by atoms with Gasteiger partial charge in [0.15, 0.2) is 5.96 Å². The van der Waals surface area contributed by atoms with Crippen LogP contribution in [0.1, 0.15) is 18.9 Å². The molecule has 2 aliphatic heterocycles. The molecule has 0 aliphatic carbocycles. The second-order valence-electron chi connectivity index (χ2n) is 6.48. The first-order chi connectivity index (χ1) is 12.3. The van der Waals surface area contributed by atoms with Crippen molar-refractivity contribution in [2.24, 2.45) is 4.99 Å². The summed E-state index contributed by atoms with van der Waals surface area (Å²) in [6.07, 6.45) is 1.22.